The fourth-order valence-electron chi connectivity index (χ4n) is 3.55. The Hall–Kier alpha value is -2.81. The van der Waals surface area contributed by atoms with Crippen LogP contribution in [0.3, 0.4) is 0 Å². The molecule has 9 heteroatoms. The van der Waals surface area contributed by atoms with Crippen molar-refractivity contribution in [1.29, 1.82) is 0 Å². The Labute approximate surface area is 159 Å². The Bertz CT molecular complexity index is 1030. The minimum Gasteiger partial charge on any atom is -0.507 e. The van der Waals surface area contributed by atoms with Gasteiger partial charge in [-0.2, -0.15) is 13.2 Å². The van der Waals surface area contributed by atoms with Crippen LogP contribution in [0.15, 0.2) is 30.3 Å². The number of halogens is 3. The van der Waals surface area contributed by atoms with Crippen LogP contribution in [0.5, 0.6) is 5.75 Å². The fourth-order valence-corrected chi connectivity index (χ4v) is 3.55. The summed E-state index contributed by atoms with van der Waals surface area (Å²) in [4.78, 5) is 11.2. The molecule has 0 radical (unpaired) electrons. The predicted octanol–water partition coefficient (Wildman–Crippen LogP) is 3.48. The molecule has 0 amide bonds. The normalized spacial score (nSPS) is 18.1. The molecule has 3 heterocycles. The third-order valence-corrected chi connectivity index (χ3v) is 5.05. The molecule has 28 heavy (non-hydrogen) atoms. The van der Waals surface area contributed by atoms with Gasteiger partial charge in [-0.05, 0) is 50.3 Å². The molecule has 1 saturated heterocycles. The van der Waals surface area contributed by atoms with Gasteiger partial charge in [-0.1, -0.05) is 0 Å². The van der Waals surface area contributed by atoms with Crippen LogP contribution in [-0.4, -0.2) is 50.7 Å². The van der Waals surface area contributed by atoms with Crippen molar-refractivity contribution in [2.45, 2.75) is 18.6 Å². The lowest BCUT2D eigenvalue weighted by Crippen LogP contribution is -2.23. The van der Waals surface area contributed by atoms with Gasteiger partial charge in [0.05, 0.1) is 16.6 Å². The van der Waals surface area contributed by atoms with Crippen molar-refractivity contribution in [3.63, 3.8) is 0 Å². The minimum absolute atomic E-state index is 0.223. The molecule has 3 aromatic rings. The Kier molecular flexibility index (Phi) is 4.41. The van der Waals surface area contributed by atoms with Gasteiger partial charge in [-0.25, -0.2) is 9.97 Å². The van der Waals surface area contributed by atoms with Gasteiger partial charge in [0.2, 0.25) is 0 Å². The highest BCUT2D eigenvalue weighted by Gasteiger charge is 2.31. The van der Waals surface area contributed by atoms with E-state index in [0.29, 0.717) is 29.4 Å². The molecule has 0 aliphatic carbocycles. The number of rotatable bonds is 3. The van der Waals surface area contributed by atoms with Crippen LogP contribution < -0.4 is 5.32 Å². The molecule has 1 aromatic carbocycles. The number of likely N-dealkylation sites (N-methyl/N-ethyl adjacent to an activating group) is 1. The van der Waals surface area contributed by atoms with Gasteiger partial charge >= 0.3 is 6.18 Å². The summed E-state index contributed by atoms with van der Waals surface area (Å²) in [5, 5.41) is 13.5. The van der Waals surface area contributed by atoms with E-state index in [1.807, 2.05) is 12.1 Å². The Morgan fingerprint density at radius 3 is 2.57 bits per heavy atom. The van der Waals surface area contributed by atoms with Gasteiger partial charge in [0.15, 0.2) is 5.65 Å². The number of pyridine rings is 1. The van der Waals surface area contributed by atoms with Crippen molar-refractivity contribution in [1.82, 2.24) is 19.4 Å². The molecule has 4 rings (SSSR count). The van der Waals surface area contributed by atoms with Crippen molar-refractivity contribution < 1.29 is 18.3 Å². The summed E-state index contributed by atoms with van der Waals surface area (Å²) in [7, 11) is 3.81. The van der Waals surface area contributed by atoms with E-state index >= 15 is 0 Å². The van der Waals surface area contributed by atoms with E-state index in [9.17, 15) is 18.3 Å². The van der Waals surface area contributed by atoms with Crippen molar-refractivity contribution in [2.24, 2.45) is 7.05 Å². The molecule has 1 atom stereocenters. The number of nitrogens with one attached hydrogen (secondary N) is 1. The van der Waals surface area contributed by atoms with Crippen LogP contribution in [0.2, 0.25) is 0 Å². The largest absolute Gasteiger partial charge is 0.507 e. The zero-order valence-electron chi connectivity index (χ0n) is 15.5. The molecule has 148 valence electrons. The van der Waals surface area contributed by atoms with E-state index in [-0.39, 0.29) is 5.56 Å². The summed E-state index contributed by atoms with van der Waals surface area (Å²) in [6.07, 6.45) is -3.48. The van der Waals surface area contributed by atoms with E-state index in [0.717, 1.165) is 31.1 Å². The van der Waals surface area contributed by atoms with Crippen LogP contribution in [0.25, 0.3) is 22.6 Å². The van der Waals surface area contributed by atoms with Crippen molar-refractivity contribution >= 4 is 17.0 Å². The van der Waals surface area contributed by atoms with Crippen molar-refractivity contribution in [3.8, 4) is 17.1 Å². The van der Waals surface area contributed by atoms with Crippen LogP contribution in [0, 0.1) is 0 Å². The number of likely N-dealkylation sites (tertiary alicyclic amines) is 1. The highest BCUT2D eigenvalue weighted by molar-refractivity contribution is 5.80. The molecule has 0 spiro atoms. The average molecular weight is 391 g/mol. The van der Waals surface area contributed by atoms with E-state index in [2.05, 4.69) is 27.2 Å². The van der Waals surface area contributed by atoms with Gasteiger partial charge in [-0.15, -0.1) is 0 Å². The molecule has 1 fully saturated rings. The maximum Gasteiger partial charge on any atom is 0.416 e. The number of fused-ring (bicyclic) bond motifs is 1. The smallest absolute Gasteiger partial charge is 0.416 e. The number of phenols is 1. The molecule has 1 aliphatic rings. The Balaban J connectivity index is 1.68. The van der Waals surface area contributed by atoms with Crippen molar-refractivity contribution in [3.05, 3.63) is 35.9 Å². The topological polar surface area (TPSA) is 66.2 Å². The summed E-state index contributed by atoms with van der Waals surface area (Å²) >= 11 is 0. The van der Waals surface area contributed by atoms with Gasteiger partial charge in [0.1, 0.15) is 17.4 Å². The summed E-state index contributed by atoms with van der Waals surface area (Å²) in [6, 6.07) is 6.92. The molecular formula is C19H20F3N5O. The quantitative estimate of drug-likeness (QED) is 0.716. The first-order valence-corrected chi connectivity index (χ1v) is 8.91. The number of anilines is 1. The van der Waals surface area contributed by atoms with Gasteiger partial charge in [0, 0.05) is 19.6 Å². The maximum absolute atomic E-state index is 12.8. The first-order valence-electron chi connectivity index (χ1n) is 8.91. The molecule has 2 N–H and O–H groups in total. The predicted molar refractivity (Wildman–Crippen MR) is 100 cm³/mol. The first kappa shape index (κ1) is 18.5. The average Bonchev–Trinajstić information content (AvgIpc) is 3.17. The molecule has 0 unspecified atom stereocenters. The summed E-state index contributed by atoms with van der Waals surface area (Å²) in [5.41, 5.74) is 0.510. The molecule has 1 aliphatic heterocycles. The number of benzene rings is 1. The second-order valence-corrected chi connectivity index (χ2v) is 7.16. The van der Waals surface area contributed by atoms with E-state index in [4.69, 9.17) is 0 Å². The lowest BCUT2D eigenvalue weighted by atomic mass is 10.1. The maximum atomic E-state index is 12.8. The summed E-state index contributed by atoms with van der Waals surface area (Å²) < 4.78 is 40.2. The number of hydrogen-bond donors (Lipinski definition) is 2. The fraction of sp³-hybridized carbons (Fsp3) is 0.368. The van der Waals surface area contributed by atoms with Gasteiger partial charge in [0.25, 0.3) is 0 Å². The van der Waals surface area contributed by atoms with E-state index < -0.39 is 17.5 Å². The third kappa shape index (κ3) is 3.37. The zero-order chi connectivity index (χ0) is 20.1. The number of alkyl halides is 3. The monoisotopic (exact) mass is 391 g/mol. The molecule has 2 aromatic heterocycles. The minimum atomic E-state index is -4.52. The molecular weight excluding hydrogens is 371 g/mol. The van der Waals surface area contributed by atoms with Crippen LogP contribution in [0.4, 0.5) is 19.0 Å². The number of aromatic hydroxyl groups is 1. The standard InChI is InChI=1S/C19H20F3N5O/c1-26-8-7-12(10-26)23-16-6-5-14-17(24-16)25-18(27(14)2)13-4-3-11(9-15(13)28)19(20,21)22/h3-6,9,12,28H,7-8,10H2,1-2H3,(H,23,24)/t12-/m1/s1. The number of aryl methyl sites for hydroxylation is 1. The molecule has 0 bridgehead atoms. The van der Waals surface area contributed by atoms with Crippen LogP contribution in [-0.2, 0) is 13.2 Å². The van der Waals surface area contributed by atoms with Crippen LogP contribution >= 0.6 is 0 Å². The number of imidazole rings is 1. The highest BCUT2D eigenvalue weighted by atomic mass is 19.4. The van der Waals surface area contributed by atoms with Crippen molar-refractivity contribution in [2.75, 3.05) is 25.5 Å². The third-order valence-electron chi connectivity index (χ3n) is 5.05. The highest BCUT2D eigenvalue weighted by Crippen LogP contribution is 2.36. The second-order valence-electron chi connectivity index (χ2n) is 7.16. The molecule has 6 nitrogen and oxygen atoms in total. The van der Waals surface area contributed by atoms with Crippen LogP contribution in [0.1, 0.15) is 12.0 Å². The number of hydrogen-bond acceptors (Lipinski definition) is 5. The zero-order valence-corrected chi connectivity index (χ0v) is 15.5. The number of phenolic OH excluding ortho intramolecular Hbond substituents is 1. The Morgan fingerprint density at radius 2 is 1.93 bits per heavy atom. The summed E-state index contributed by atoms with van der Waals surface area (Å²) in [5.74, 6) is 0.584. The van der Waals surface area contributed by atoms with E-state index in [1.165, 1.54) is 6.07 Å². The Morgan fingerprint density at radius 1 is 1.14 bits per heavy atom. The second kappa shape index (κ2) is 6.66. The number of nitrogens with zero attached hydrogens (tertiary/aromatic N) is 4. The number of aromatic nitrogens is 3. The summed E-state index contributed by atoms with van der Waals surface area (Å²) in [6.45, 7) is 1.97. The SMILES string of the molecule is CN1CC[C@@H](Nc2ccc3c(n2)nc(-c2ccc(C(F)(F)F)cc2O)n3C)C1. The van der Waals surface area contributed by atoms with Gasteiger partial charge in [-0.3, -0.25) is 0 Å². The van der Waals surface area contributed by atoms with E-state index in [1.54, 1.807) is 11.6 Å². The van der Waals surface area contributed by atoms with Gasteiger partial charge < -0.3 is 19.9 Å². The molecule has 0 saturated carbocycles. The first-order chi connectivity index (χ1) is 13.2. The lowest BCUT2D eigenvalue weighted by Gasteiger charge is -2.13. The lowest BCUT2D eigenvalue weighted by molar-refractivity contribution is -0.137.